The average molecular weight is 467 g/mol. The van der Waals surface area contributed by atoms with Crippen molar-refractivity contribution in [3.8, 4) is 6.07 Å². The van der Waals surface area contributed by atoms with Crippen molar-refractivity contribution in [3.63, 3.8) is 0 Å². The van der Waals surface area contributed by atoms with E-state index >= 15 is 0 Å². The zero-order chi connectivity index (χ0) is 24.9. The van der Waals surface area contributed by atoms with E-state index in [0.717, 1.165) is 33.7 Å². The van der Waals surface area contributed by atoms with Gasteiger partial charge in [0.1, 0.15) is 13.1 Å². The van der Waals surface area contributed by atoms with Crippen molar-refractivity contribution in [1.82, 2.24) is 4.40 Å². The molecule has 36 heavy (non-hydrogen) atoms. The minimum Gasteiger partial charge on any atom is -0.306 e. The topological polar surface area (TPSA) is 32.1 Å². The smallest absolute Gasteiger partial charge is 0.224 e. The highest BCUT2D eigenvalue weighted by molar-refractivity contribution is 6.30. The van der Waals surface area contributed by atoms with Crippen molar-refractivity contribution in [2.75, 3.05) is 0 Å². The summed E-state index contributed by atoms with van der Waals surface area (Å²) in [5.41, 5.74) is 8.11. The number of hydrogen-bond acceptors (Lipinski definition) is 1. The van der Waals surface area contributed by atoms with Crippen molar-refractivity contribution >= 4 is 59.8 Å². The molecule has 0 spiro atoms. The molecular formula is C33H28N3+. The van der Waals surface area contributed by atoms with Gasteiger partial charge in [-0.05, 0) is 52.8 Å². The Hall–Kier alpha value is -4.16. The van der Waals surface area contributed by atoms with Gasteiger partial charge < -0.3 is 4.40 Å². The van der Waals surface area contributed by atoms with Gasteiger partial charge in [-0.2, -0.15) is 5.26 Å². The Kier molecular flexibility index (Phi) is 4.09. The van der Waals surface area contributed by atoms with Crippen LogP contribution in [0, 0.1) is 23.7 Å². The molecule has 0 unspecified atom stereocenters. The second kappa shape index (κ2) is 6.95. The fourth-order valence-electron chi connectivity index (χ4n) is 6.56. The molecule has 0 saturated carbocycles. The fraction of sp³-hybridized carbons (Fsp3) is 0.212. The molecule has 3 nitrogen and oxygen atoms in total. The number of para-hydroxylation sites is 1. The first-order chi connectivity index (χ1) is 17.3. The zero-order valence-corrected chi connectivity index (χ0v) is 21.4. The minimum absolute atomic E-state index is 0.152. The molecule has 0 aliphatic carbocycles. The van der Waals surface area contributed by atoms with Crippen LogP contribution in [0.25, 0.3) is 59.8 Å². The number of nitriles is 1. The van der Waals surface area contributed by atoms with E-state index in [4.69, 9.17) is 0 Å². The van der Waals surface area contributed by atoms with Crippen molar-refractivity contribution in [3.05, 3.63) is 83.6 Å². The molecule has 0 amide bonds. The summed E-state index contributed by atoms with van der Waals surface area (Å²) in [6, 6.07) is 24.4. The molecule has 0 atom stereocenters. The van der Waals surface area contributed by atoms with Crippen LogP contribution in [0.1, 0.15) is 37.5 Å². The number of aryl methyl sites for hydroxylation is 2. The van der Waals surface area contributed by atoms with E-state index < -0.39 is 0 Å². The third-order valence-corrected chi connectivity index (χ3v) is 7.86. The molecule has 0 N–H and O–H groups in total. The Bertz CT molecular complexity index is 2080. The van der Waals surface area contributed by atoms with Crippen molar-refractivity contribution < 1.29 is 4.57 Å². The molecule has 0 aliphatic rings. The predicted octanol–water partition coefficient (Wildman–Crippen LogP) is 7.74. The van der Waals surface area contributed by atoms with Gasteiger partial charge in [-0.25, -0.2) is 4.57 Å². The maximum Gasteiger partial charge on any atom is 0.224 e. The Morgan fingerprint density at radius 1 is 0.861 bits per heavy atom. The molecule has 0 aliphatic heterocycles. The summed E-state index contributed by atoms with van der Waals surface area (Å²) in [7, 11) is 2.13. The number of fused-ring (bicyclic) bond motifs is 7. The van der Waals surface area contributed by atoms with Gasteiger partial charge in [0.25, 0.3) is 0 Å². The van der Waals surface area contributed by atoms with Crippen LogP contribution in [0.5, 0.6) is 0 Å². The van der Waals surface area contributed by atoms with Crippen LogP contribution < -0.4 is 4.57 Å². The van der Waals surface area contributed by atoms with E-state index in [1.54, 1.807) is 0 Å². The molecular weight excluding hydrogens is 438 g/mol. The number of nitrogens with zero attached hydrogens (tertiary/aromatic N) is 3. The largest absolute Gasteiger partial charge is 0.306 e. The summed E-state index contributed by atoms with van der Waals surface area (Å²) in [5, 5.41) is 19.0. The molecule has 0 fully saturated rings. The van der Waals surface area contributed by atoms with Gasteiger partial charge in [-0.15, -0.1) is 0 Å². The second-order valence-corrected chi connectivity index (χ2v) is 11.5. The third kappa shape index (κ3) is 2.59. The summed E-state index contributed by atoms with van der Waals surface area (Å²) >= 11 is 0. The summed E-state index contributed by atoms with van der Waals surface area (Å²) in [4.78, 5) is 0. The molecule has 3 heteroatoms. The van der Waals surface area contributed by atoms with Crippen LogP contribution in [-0.2, 0) is 13.5 Å². The molecule has 7 rings (SSSR count). The van der Waals surface area contributed by atoms with Crippen LogP contribution in [0.15, 0.2) is 66.9 Å². The fourth-order valence-corrected chi connectivity index (χ4v) is 6.56. The van der Waals surface area contributed by atoms with Gasteiger partial charge in [0, 0.05) is 22.2 Å². The lowest BCUT2D eigenvalue weighted by Gasteiger charge is -2.21. The summed E-state index contributed by atoms with van der Waals surface area (Å²) in [6.07, 6.45) is 3.16. The zero-order valence-electron chi connectivity index (χ0n) is 21.4. The normalized spacial score (nSPS) is 12.7. The van der Waals surface area contributed by atoms with Crippen LogP contribution >= 0.6 is 0 Å². The predicted molar refractivity (Wildman–Crippen MR) is 150 cm³/mol. The molecule has 0 radical (unpaired) electrons. The highest BCUT2D eigenvalue weighted by Crippen LogP contribution is 2.45. The van der Waals surface area contributed by atoms with Gasteiger partial charge in [-0.3, -0.25) is 0 Å². The van der Waals surface area contributed by atoms with Crippen LogP contribution in [0.2, 0.25) is 0 Å². The standard InChI is InChI=1S/C33H28N3/c1-19-22-10-6-7-11-23(22)25(18-34)30-27(19)31-29-20(14-15-35(31)5)16-21(17-33(2,3)4)28-24-12-8-9-13-26(24)36(30)32(28)29/h6-16H,17H2,1-5H3/q+1. The number of rotatable bonds is 1. The number of benzene rings is 4. The molecule has 7 aromatic rings. The maximum atomic E-state index is 10.6. The van der Waals surface area contributed by atoms with Crippen molar-refractivity contribution in [1.29, 1.82) is 5.26 Å². The third-order valence-electron chi connectivity index (χ3n) is 7.86. The first kappa shape index (κ1) is 21.1. The highest BCUT2D eigenvalue weighted by atomic mass is 15.0. The summed E-state index contributed by atoms with van der Waals surface area (Å²) < 4.78 is 4.65. The van der Waals surface area contributed by atoms with E-state index in [2.05, 4.69) is 111 Å². The van der Waals surface area contributed by atoms with Crippen LogP contribution in [-0.4, -0.2) is 4.40 Å². The lowest BCUT2D eigenvalue weighted by Crippen LogP contribution is -2.29. The van der Waals surface area contributed by atoms with Crippen molar-refractivity contribution in [2.45, 2.75) is 34.1 Å². The first-order valence-electron chi connectivity index (χ1n) is 12.6. The number of hydrogen-bond donors (Lipinski definition) is 0. The van der Waals surface area contributed by atoms with E-state index in [1.807, 2.05) is 6.07 Å². The summed E-state index contributed by atoms with van der Waals surface area (Å²) in [5.74, 6) is 0. The Morgan fingerprint density at radius 3 is 2.28 bits per heavy atom. The SMILES string of the molecule is Cc1c2ccccc2c(C#N)c2c1c1c3c(cc[n+]1C)cc(CC(C)(C)C)c1c4ccccc4n2c13. The molecule has 0 bridgehead atoms. The van der Waals surface area contributed by atoms with Crippen LogP contribution in [0.4, 0.5) is 0 Å². The number of aromatic nitrogens is 2. The number of pyridine rings is 2. The highest BCUT2D eigenvalue weighted by Gasteiger charge is 2.29. The molecule has 174 valence electrons. The minimum atomic E-state index is 0.152. The van der Waals surface area contributed by atoms with E-state index in [9.17, 15) is 5.26 Å². The van der Waals surface area contributed by atoms with Crippen LogP contribution in [0.3, 0.4) is 0 Å². The lowest BCUT2D eigenvalue weighted by atomic mass is 9.85. The lowest BCUT2D eigenvalue weighted by molar-refractivity contribution is -0.643. The molecule has 3 heterocycles. The van der Waals surface area contributed by atoms with Crippen molar-refractivity contribution in [2.24, 2.45) is 12.5 Å². The quantitative estimate of drug-likeness (QED) is 0.138. The molecule has 3 aromatic heterocycles. The van der Waals surface area contributed by atoms with Gasteiger partial charge in [0.05, 0.1) is 32.9 Å². The van der Waals surface area contributed by atoms with E-state index in [0.29, 0.717) is 0 Å². The van der Waals surface area contributed by atoms with Gasteiger partial charge in [0.2, 0.25) is 5.52 Å². The van der Waals surface area contributed by atoms with Gasteiger partial charge >= 0.3 is 0 Å². The monoisotopic (exact) mass is 466 g/mol. The Morgan fingerprint density at radius 2 is 1.56 bits per heavy atom. The van der Waals surface area contributed by atoms with Gasteiger partial charge in [-0.1, -0.05) is 63.2 Å². The van der Waals surface area contributed by atoms with Gasteiger partial charge in [0.15, 0.2) is 6.20 Å². The maximum absolute atomic E-state index is 10.6. The first-order valence-corrected chi connectivity index (χ1v) is 12.6. The van der Waals surface area contributed by atoms with E-state index in [-0.39, 0.29) is 5.41 Å². The molecule has 4 aromatic carbocycles. The molecule has 0 saturated heterocycles. The van der Waals surface area contributed by atoms with E-state index in [1.165, 1.54) is 49.2 Å². The summed E-state index contributed by atoms with van der Waals surface area (Å²) in [6.45, 7) is 9.14. The Balaban J connectivity index is 1.93. The Labute approximate surface area is 210 Å². The second-order valence-electron chi connectivity index (χ2n) is 11.5. The average Bonchev–Trinajstić information content (AvgIpc) is 3.20.